The summed E-state index contributed by atoms with van der Waals surface area (Å²) in [7, 11) is 1.48. The first-order valence-corrected chi connectivity index (χ1v) is 5.46. The minimum absolute atomic E-state index is 0.194. The molecule has 7 heteroatoms. The van der Waals surface area contributed by atoms with Crippen molar-refractivity contribution in [3.05, 3.63) is 23.9 Å². The normalized spacial score (nSPS) is 13.4. The van der Waals surface area contributed by atoms with Gasteiger partial charge in [-0.3, -0.25) is 0 Å². The van der Waals surface area contributed by atoms with Gasteiger partial charge in [-0.05, 0) is 25.1 Å². The lowest BCUT2D eigenvalue weighted by Crippen LogP contribution is -2.29. The van der Waals surface area contributed by atoms with E-state index in [0.29, 0.717) is 13.0 Å². The highest BCUT2D eigenvalue weighted by molar-refractivity contribution is 5.46. The molecule has 1 heterocycles. The molecule has 0 saturated heterocycles. The summed E-state index contributed by atoms with van der Waals surface area (Å²) in [6.45, 7) is 0.625. The average Bonchev–Trinajstić information content (AvgIpc) is 2.29. The summed E-state index contributed by atoms with van der Waals surface area (Å²) >= 11 is 0. The van der Waals surface area contributed by atoms with E-state index in [0.717, 1.165) is 6.07 Å². The number of nitrogens with one attached hydrogen (secondary N) is 1. The van der Waals surface area contributed by atoms with Crippen molar-refractivity contribution >= 4 is 5.82 Å². The molecule has 1 aromatic rings. The van der Waals surface area contributed by atoms with Crippen LogP contribution >= 0.6 is 0 Å². The standard InChI is InChI=1S/C11H16F3N3O/c1-18-7-8(4-5-15)17-10-9(11(12,13)14)3-2-6-16-10/h2-3,6,8H,4-5,7,15H2,1H3,(H,16,17). The van der Waals surface area contributed by atoms with Crippen LogP contribution in [0.4, 0.5) is 19.0 Å². The molecule has 0 aliphatic rings. The lowest BCUT2D eigenvalue weighted by atomic mass is 10.2. The SMILES string of the molecule is COCC(CCN)Nc1ncccc1C(F)(F)F. The molecular weight excluding hydrogens is 247 g/mol. The minimum atomic E-state index is -4.43. The smallest absolute Gasteiger partial charge is 0.383 e. The summed E-state index contributed by atoms with van der Waals surface area (Å²) < 4.78 is 43.1. The Balaban J connectivity index is 2.88. The van der Waals surface area contributed by atoms with Crippen molar-refractivity contribution in [2.45, 2.75) is 18.6 Å². The predicted molar refractivity (Wildman–Crippen MR) is 62.2 cm³/mol. The number of ether oxygens (including phenoxy) is 1. The molecule has 0 radical (unpaired) electrons. The second kappa shape index (κ2) is 6.55. The van der Waals surface area contributed by atoms with Gasteiger partial charge in [-0.15, -0.1) is 0 Å². The minimum Gasteiger partial charge on any atom is -0.383 e. The molecule has 1 unspecified atom stereocenters. The molecular formula is C11H16F3N3O. The molecule has 1 aromatic heterocycles. The maximum absolute atomic E-state index is 12.7. The van der Waals surface area contributed by atoms with Gasteiger partial charge in [-0.2, -0.15) is 13.2 Å². The molecule has 0 aromatic carbocycles. The zero-order valence-electron chi connectivity index (χ0n) is 10.00. The number of nitrogens with zero attached hydrogens (tertiary/aromatic N) is 1. The highest BCUT2D eigenvalue weighted by Gasteiger charge is 2.34. The fourth-order valence-electron chi connectivity index (χ4n) is 1.54. The van der Waals surface area contributed by atoms with Gasteiger partial charge in [0.05, 0.1) is 18.2 Å². The topological polar surface area (TPSA) is 60.2 Å². The van der Waals surface area contributed by atoms with E-state index in [1.807, 2.05) is 0 Å². The van der Waals surface area contributed by atoms with Crippen molar-refractivity contribution in [2.24, 2.45) is 5.73 Å². The van der Waals surface area contributed by atoms with Crippen molar-refractivity contribution in [1.29, 1.82) is 0 Å². The van der Waals surface area contributed by atoms with Crippen LogP contribution in [0.3, 0.4) is 0 Å². The molecule has 1 rings (SSSR count). The van der Waals surface area contributed by atoms with Crippen LogP contribution in [0.5, 0.6) is 0 Å². The quantitative estimate of drug-likeness (QED) is 0.822. The third-order valence-electron chi connectivity index (χ3n) is 2.34. The molecule has 4 nitrogen and oxygen atoms in total. The molecule has 0 bridgehead atoms. The van der Waals surface area contributed by atoms with Crippen LogP contribution in [-0.2, 0) is 10.9 Å². The van der Waals surface area contributed by atoms with Crippen molar-refractivity contribution in [2.75, 3.05) is 25.6 Å². The highest BCUT2D eigenvalue weighted by Crippen LogP contribution is 2.33. The Morgan fingerprint density at radius 3 is 2.78 bits per heavy atom. The first kappa shape index (κ1) is 14.7. The predicted octanol–water partition coefficient (Wildman–Crippen LogP) is 1.88. The Morgan fingerprint density at radius 2 is 2.22 bits per heavy atom. The number of alkyl halides is 3. The fraction of sp³-hybridized carbons (Fsp3) is 0.545. The molecule has 0 saturated carbocycles. The van der Waals surface area contributed by atoms with E-state index in [1.165, 1.54) is 19.4 Å². The van der Waals surface area contributed by atoms with Crippen molar-refractivity contribution in [3.63, 3.8) is 0 Å². The molecule has 0 fully saturated rings. The summed E-state index contributed by atoms with van der Waals surface area (Å²) in [5.41, 5.74) is 4.61. The van der Waals surface area contributed by atoms with E-state index < -0.39 is 11.7 Å². The van der Waals surface area contributed by atoms with Gasteiger partial charge in [0.2, 0.25) is 0 Å². The first-order chi connectivity index (χ1) is 8.49. The molecule has 1 atom stereocenters. The molecule has 0 aliphatic heterocycles. The fourth-order valence-corrected chi connectivity index (χ4v) is 1.54. The van der Waals surface area contributed by atoms with E-state index in [9.17, 15) is 13.2 Å². The summed E-state index contributed by atoms with van der Waals surface area (Å²) in [6.07, 6.45) is -2.62. The molecule has 3 N–H and O–H groups in total. The van der Waals surface area contributed by atoms with Crippen LogP contribution < -0.4 is 11.1 Å². The third kappa shape index (κ3) is 4.15. The highest BCUT2D eigenvalue weighted by atomic mass is 19.4. The van der Waals surface area contributed by atoms with E-state index in [4.69, 9.17) is 10.5 Å². The van der Waals surface area contributed by atoms with Gasteiger partial charge in [0.1, 0.15) is 5.82 Å². The number of hydrogen-bond donors (Lipinski definition) is 2. The number of nitrogens with two attached hydrogens (primary N) is 1. The first-order valence-electron chi connectivity index (χ1n) is 5.46. The monoisotopic (exact) mass is 263 g/mol. The zero-order chi connectivity index (χ0) is 13.6. The second-order valence-corrected chi connectivity index (χ2v) is 3.77. The van der Waals surface area contributed by atoms with Crippen molar-refractivity contribution in [1.82, 2.24) is 4.98 Å². The van der Waals surface area contributed by atoms with Gasteiger partial charge >= 0.3 is 6.18 Å². The second-order valence-electron chi connectivity index (χ2n) is 3.77. The van der Waals surface area contributed by atoms with Crippen LogP contribution in [0.25, 0.3) is 0 Å². The Labute approximate surface area is 103 Å². The molecule has 0 amide bonds. The lowest BCUT2D eigenvalue weighted by molar-refractivity contribution is -0.137. The number of anilines is 1. The number of halogens is 3. The largest absolute Gasteiger partial charge is 0.419 e. The van der Waals surface area contributed by atoms with Gasteiger partial charge in [0, 0.05) is 13.3 Å². The third-order valence-corrected chi connectivity index (χ3v) is 2.34. The Hall–Kier alpha value is -1.34. The summed E-state index contributed by atoms with van der Waals surface area (Å²) in [4.78, 5) is 3.72. The van der Waals surface area contributed by atoms with Crippen molar-refractivity contribution < 1.29 is 17.9 Å². The number of methoxy groups -OCH3 is 1. The van der Waals surface area contributed by atoms with Gasteiger partial charge in [0.15, 0.2) is 0 Å². The average molecular weight is 263 g/mol. The maximum atomic E-state index is 12.7. The van der Waals surface area contributed by atoms with E-state index in [1.54, 1.807) is 0 Å². The maximum Gasteiger partial charge on any atom is 0.419 e. The van der Waals surface area contributed by atoms with Gasteiger partial charge in [-0.25, -0.2) is 4.98 Å². The Bertz CT molecular complexity index is 365. The van der Waals surface area contributed by atoms with Crippen LogP contribution in [0.15, 0.2) is 18.3 Å². The van der Waals surface area contributed by atoms with Crippen LogP contribution in [0.1, 0.15) is 12.0 Å². The number of rotatable bonds is 6. The van der Waals surface area contributed by atoms with E-state index in [-0.39, 0.29) is 18.5 Å². The van der Waals surface area contributed by atoms with Crippen LogP contribution in [0.2, 0.25) is 0 Å². The molecule has 0 spiro atoms. The van der Waals surface area contributed by atoms with Crippen LogP contribution in [0, 0.1) is 0 Å². The zero-order valence-corrected chi connectivity index (χ0v) is 10.00. The summed E-state index contributed by atoms with van der Waals surface area (Å²) in [6, 6.07) is 1.94. The molecule has 18 heavy (non-hydrogen) atoms. The molecule has 0 aliphatic carbocycles. The van der Waals surface area contributed by atoms with Crippen molar-refractivity contribution in [3.8, 4) is 0 Å². The van der Waals surface area contributed by atoms with Gasteiger partial charge in [-0.1, -0.05) is 0 Å². The lowest BCUT2D eigenvalue weighted by Gasteiger charge is -2.20. The summed E-state index contributed by atoms with van der Waals surface area (Å²) in [5, 5.41) is 2.72. The molecule has 102 valence electrons. The van der Waals surface area contributed by atoms with Gasteiger partial charge < -0.3 is 15.8 Å². The van der Waals surface area contributed by atoms with Gasteiger partial charge in [0.25, 0.3) is 0 Å². The van der Waals surface area contributed by atoms with E-state index >= 15 is 0 Å². The van der Waals surface area contributed by atoms with E-state index in [2.05, 4.69) is 10.3 Å². The Kier molecular flexibility index (Phi) is 5.36. The van der Waals surface area contributed by atoms with Crippen LogP contribution in [-0.4, -0.2) is 31.3 Å². The summed E-state index contributed by atoms with van der Waals surface area (Å²) in [5.74, 6) is -0.194. The number of hydrogen-bond acceptors (Lipinski definition) is 4. The Morgan fingerprint density at radius 1 is 1.50 bits per heavy atom. The number of aromatic nitrogens is 1. The number of pyridine rings is 1.